The fourth-order valence-electron chi connectivity index (χ4n) is 4.17. The van der Waals surface area contributed by atoms with Crippen molar-refractivity contribution in [2.45, 2.75) is 5.16 Å². The number of benzene rings is 3. The van der Waals surface area contributed by atoms with Gasteiger partial charge in [0, 0.05) is 16.0 Å². The van der Waals surface area contributed by atoms with Gasteiger partial charge in [0.15, 0.2) is 5.82 Å². The van der Waals surface area contributed by atoms with Crippen LogP contribution < -0.4 is 5.32 Å². The van der Waals surface area contributed by atoms with Crippen LogP contribution in [0.25, 0.3) is 27.9 Å². The van der Waals surface area contributed by atoms with Crippen molar-refractivity contribution in [2.75, 3.05) is 11.2 Å². The summed E-state index contributed by atoms with van der Waals surface area (Å²) in [6.45, 7) is 0. The molecule has 41 heavy (non-hydrogen) atoms. The number of hydrogen-bond acceptors (Lipinski definition) is 6. The van der Waals surface area contributed by atoms with Gasteiger partial charge in [0.05, 0.1) is 19.9 Å². The van der Waals surface area contributed by atoms with E-state index in [0.717, 1.165) is 21.6 Å². The number of fused-ring (bicyclic) bond motifs is 1. The van der Waals surface area contributed by atoms with Crippen molar-refractivity contribution in [2.24, 2.45) is 5.10 Å². The number of allylic oxidation sites excluding steroid dienone is 1. The third-order valence-corrected chi connectivity index (χ3v) is 8.87. The molecular weight excluding hydrogens is 624 g/mol. The van der Waals surface area contributed by atoms with E-state index in [-0.39, 0.29) is 21.8 Å². The van der Waals surface area contributed by atoms with Gasteiger partial charge in [0.2, 0.25) is 11.1 Å². The molecule has 0 unspecified atom stereocenters. The maximum Gasteiger partial charge on any atom is 0.239 e. The summed E-state index contributed by atoms with van der Waals surface area (Å²) >= 11 is 21.0. The summed E-state index contributed by atoms with van der Waals surface area (Å²) in [7, 11) is 0. The highest BCUT2D eigenvalue weighted by molar-refractivity contribution is 8.04. The summed E-state index contributed by atoms with van der Waals surface area (Å²) in [5, 5.41) is 17.9. The fraction of sp³-hybridized carbons (Fsp3) is 0.0345. The minimum Gasteiger partial charge on any atom is -0.317 e. The number of nitrogens with zero attached hydrogens (tertiary/aromatic N) is 4. The highest BCUT2D eigenvalue weighted by Crippen LogP contribution is 2.44. The Bertz CT molecular complexity index is 1840. The summed E-state index contributed by atoms with van der Waals surface area (Å²) < 4.78 is 16.3. The van der Waals surface area contributed by atoms with Gasteiger partial charge < -0.3 is 5.32 Å². The van der Waals surface area contributed by atoms with Crippen molar-refractivity contribution in [1.82, 2.24) is 14.9 Å². The summed E-state index contributed by atoms with van der Waals surface area (Å²) in [5.74, 6) is -0.664. The summed E-state index contributed by atoms with van der Waals surface area (Å²) in [5.41, 5.74) is 3.48. The van der Waals surface area contributed by atoms with Crippen molar-refractivity contribution < 1.29 is 9.18 Å². The Hall–Kier alpha value is -3.47. The molecule has 0 aliphatic carbocycles. The molecule has 0 bridgehead atoms. The average molecular weight is 641 g/mol. The Labute approximate surface area is 257 Å². The molecule has 6 rings (SSSR count). The summed E-state index contributed by atoms with van der Waals surface area (Å²) in [4.78, 5) is 13.5. The number of carbonyl (C=O) groups excluding carboxylic acids is 1. The van der Waals surface area contributed by atoms with Crippen LogP contribution in [0.1, 0.15) is 11.1 Å². The van der Waals surface area contributed by atoms with Crippen LogP contribution >= 0.6 is 57.9 Å². The molecule has 0 saturated heterocycles. The Kier molecular flexibility index (Phi) is 7.96. The lowest BCUT2D eigenvalue weighted by Gasteiger charge is -2.18. The Balaban J connectivity index is 1.54. The van der Waals surface area contributed by atoms with Crippen LogP contribution in [0.15, 0.2) is 94.0 Å². The largest absolute Gasteiger partial charge is 0.317 e. The standard InChI is InChI=1S/C29H17Cl3FN5OS2/c30-15-24(39)34-25-13-18(17-9-5-2-6-10-17)27(41-25)28-35-36-29-38(28)37-26(19-12-22(33)21(32)14-20(19)31)23(40-29)11-16-7-3-1-4-8-16/h1-14H,15H2,(H,34,39)/b23-11-. The van der Waals surface area contributed by atoms with Crippen molar-refractivity contribution in [3.8, 4) is 21.8 Å². The van der Waals surface area contributed by atoms with Crippen molar-refractivity contribution in [1.29, 1.82) is 0 Å². The Morgan fingerprint density at radius 1 is 0.951 bits per heavy atom. The zero-order valence-electron chi connectivity index (χ0n) is 20.8. The van der Waals surface area contributed by atoms with Gasteiger partial charge in [-0.15, -0.1) is 33.1 Å². The van der Waals surface area contributed by atoms with Crippen LogP contribution in [-0.4, -0.2) is 32.4 Å². The van der Waals surface area contributed by atoms with Crippen molar-refractivity contribution in [3.63, 3.8) is 0 Å². The highest BCUT2D eigenvalue weighted by atomic mass is 35.5. The first-order chi connectivity index (χ1) is 19.9. The molecule has 0 radical (unpaired) electrons. The minimum absolute atomic E-state index is 0.0836. The normalized spacial score (nSPS) is 13.7. The molecule has 3 heterocycles. The number of thioether (sulfide) groups is 1. The lowest BCUT2D eigenvalue weighted by Crippen LogP contribution is -2.13. The SMILES string of the molecule is O=C(CCl)Nc1cc(-c2ccccc2)c(-c2nnc3n2N=C(c2cc(F)c(Cl)cc2Cl)/C(=C/c2ccccc2)S3)s1. The van der Waals surface area contributed by atoms with Gasteiger partial charge in [0.1, 0.15) is 17.4 Å². The van der Waals surface area contributed by atoms with E-state index in [1.165, 1.54) is 35.2 Å². The van der Waals surface area contributed by atoms with E-state index in [0.29, 0.717) is 32.2 Å². The number of thiophene rings is 1. The molecule has 1 N–H and O–H groups in total. The molecule has 204 valence electrons. The van der Waals surface area contributed by atoms with Crippen LogP contribution in [0.5, 0.6) is 0 Å². The molecular formula is C29H17Cl3FN5OS2. The molecule has 0 spiro atoms. The topological polar surface area (TPSA) is 72.2 Å². The Morgan fingerprint density at radius 3 is 2.41 bits per heavy atom. The number of hydrogen-bond donors (Lipinski definition) is 1. The van der Waals surface area contributed by atoms with Gasteiger partial charge in [-0.05, 0) is 47.2 Å². The van der Waals surface area contributed by atoms with E-state index in [9.17, 15) is 9.18 Å². The second-order valence-corrected chi connectivity index (χ2v) is 11.9. The fourth-order valence-corrected chi connectivity index (χ4v) is 6.71. The number of anilines is 1. The zero-order chi connectivity index (χ0) is 28.5. The lowest BCUT2D eigenvalue weighted by atomic mass is 10.1. The quantitative estimate of drug-likeness (QED) is 0.149. The highest BCUT2D eigenvalue weighted by Gasteiger charge is 2.29. The molecule has 0 fully saturated rings. The molecule has 2 aromatic heterocycles. The predicted octanol–water partition coefficient (Wildman–Crippen LogP) is 8.70. The number of aromatic nitrogens is 3. The van der Waals surface area contributed by atoms with Gasteiger partial charge in [-0.25, -0.2) is 4.39 Å². The zero-order valence-corrected chi connectivity index (χ0v) is 24.7. The molecule has 6 nitrogen and oxygen atoms in total. The first-order valence-corrected chi connectivity index (χ1v) is 15.0. The monoisotopic (exact) mass is 639 g/mol. The second kappa shape index (κ2) is 11.8. The van der Waals surface area contributed by atoms with Crippen LogP contribution in [0.2, 0.25) is 10.0 Å². The smallest absolute Gasteiger partial charge is 0.239 e. The minimum atomic E-state index is -0.614. The number of amides is 1. The van der Waals surface area contributed by atoms with Crippen molar-refractivity contribution in [3.05, 3.63) is 111 Å². The van der Waals surface area contributed by atoms with Gasteiger partial charge in [-0.1, -0.05) is 83.9 Å². The number of nitrogens with one attached hydrogen (secondary N) is 1. The van der Waals surface area contributed by atoms with E-state index in [1.54, 1.807) is 4.68 Å². The molecule has 0 atom stereocenters. The van der Waals surface area contributed by atoms with E-state index < -0.39 is 5.82 Å². The third kappa shape index (κ3) is 5.68. The summed E-state index contributed by atoms with van der Waals surface area (Å²) in [6, 6.07) is 23.9. The third-order valence-electron chi connectivity index (χ3n) is 6.01. The van der Waals surface area contributed by atoms with Gasteiger partial charge >= 0.3 is 0 Å². The van der Waals surface area contributed by atoms with Crippen molar-refractivity contribution >= 4 is 80.6 Å². The average Bonchev–Trinajstić information content (AvgIpc) is 3.59. The maximum absolute atomic E-state index is 14.7. The molecule has 5 aromatic rings. The van der Waals surface area contributed by atoms with Gasteiger partial charge in [-0.3, -0.25) is 4.79 Å². The summed E-state index contributed by atoms with van der Waals surface area (Å²) in [6.07, 6.45) is 1.94. The number of alkyl halides is 1. The number of halogens is 4. The van der Waals surface area contributed by atoms with Crippen LogP contribution in [-0.2, 0) is 4.79 Å². The molecule has 1 aliphatic heterocycles. The van der Waals surface area contributed by atoms with Gasteiger partial charge in [0.25, 0.3) is 0 Å². The second-order valence-electron chi connectivity index (χ2n) is 8.74. The van der Waals surface area contributed by atoms with Crippen LogP contribution in [0.4, 0.5) is 9.39 Å². The lowest BCUT2D eigenvalue weighted by molar-refractivity contribution is -0.113. The Morgan fingerprint density at radius 2 is 1.68 bits per heavy atom. The van der Waals surface area contributed by atoms with E-state index in [2.05, 4.69) is 15.5 Å². The first kappa shape index (κ1) is 27.7. The van der Waals surface area contributed by atoms with Crippen LogP contribution in [0.3, 0.4) is 0 Å². The number of carbonyl (C=O) groups is 1. The number of rotatable bonds is 6. The first-order valence-electron chi connectivity index (χ1n) is 12.1. The molecule has 1 amide bonds. The van der Waals surface area contributed by atoms with Gasteiger partial charge in [-0.2, -0.15) is 9.78 Å². The van der Waals surface area contributed by atoms with E-state index in [1.807, 2.05) is 72.8 Å². The molecule has 3 aromatic carbocycles. The van der Waals surface area contributed by atoms with Crippen LogP contribution in [0, 0.1) is 5.82 Å². The molecule has 0 saturated carbocycles. The maximum atomic E-state index is 14.7. The molecule has 12 heteroatoms. The van der Waals surface area contributed by atoms with E-state index in [4.69, 9.17) is 39.9 Å². The van der Waals surface area contributed by atoms with E-state index >= 15 is 0 Å². The molecule has 1 aliphatic rings. The predicted molar refractivity (Wildman–Crippen MR) is 167 cm³/mol.